The number of amides is 1. The molecule has 0 saturated carbocycles. The van der Waals surface area contributed by atoms with Crippen LogP contribution in [-0.2, 0) is 4.79 Å². The molecule has 0 aromatic carbocycles. The molecule has 3 N–H and O–H groups in total. The predicted octanol–water partition coefficient (Wildman–Crippen LogP) is -0.0627. The summed E-state index contributed by atoms with van der Waals surface area (Å²) in [4.78, 5) is 13.6. The van der Waals surface area contributed by atoms with Gasteiger partial charge >= 0.3 is 0 Å². The van der Waals surface area contributed by atoms with Crippen molar-refractivity contribution < 1.29 is 4.79 Å². The van der Waals surface area contributed by atoms with Crippen LogP contribution in [-0.4, -0.2) is 43.5 Å². The number of nitrogens with zero attached hydrogens (tertiary/aromatic N) is 1. The lowest BCUT2D eigenvalue weighted by molar-refractivity contribution is -0.130. The Kier molecular flexibility index (Phi) is 5.56. The Morgan fingerprint density at radius 3 is 2.43 bits per heavy atom. The minimum Gasteiger partial charge on any atom is -0.342 e. The van der Waals surface area contributed by atoms with Gasteiger partial charge in [0.15, 0.2) is 0 Å². The van der Waals surface area contributed by atoms with Crippen LogP contribution in [0.3, 0.4) is 0 Å². The summed E-state index contributed by atoms with van der Waals surface area (Å²) in [7, 11) is 0. The van der Waals surface area contributed by atoms with Gasteiger partial charge in [0.2, 0.25) is 5.91 Å². The van der Waals surface area contributed by atoms with Crippen LogP contribution in [0, 0.1) is 0 Å². The summed E-state index contributed by atoms with van der Waals surface area (Å²) in [5.41, 5.74) is 5.33. The average molecular weight is 199 g/mol. The first kappa shape index (κ1) is 11.5. The van der Waals surface area contributed by atoms with Gasteiger partial charge in [-0.15, -0.1) is 0 Å². The molecule has 1 aliphatic heterocycles. The molecule has 0 bridgehead atoms. The van der Waals surface area contributed by atoms with Crippen LogP contribution in [0.4, 0.5) is 0 Å². The lowest BCUT2D eigenvalue weighted by Gasteiger charge is -2.20. The smallest absolute Gasteiger partial charge is 0.236 e. The van der Waals surface area contributed by atoms with Crippen molar-refractivity contribution in [1.29, 1.82) is 0 Å². The molecule has 0 radical (unpaired) electrons. The summed E-state index contributed by atoms with van der Waals surface area (Å²) in [6, 6.07) is 0. The Morgan fingerprint density at radius 1 is 1.21 bits per heavy atom. The molecule has 14 heavy (non-hydrogen) atoms. The normalized spacial score (nSPS) is 17.9. The maximum atomic E-state index is 11.6. The van der Waals surface area contributed by atoms with Gasteiger partial charge in [-0.1, -0.05) is 12.8 Å². The Balaban J connectivity index is 2.20. The number of carbonyl (C=O) groups excluding carboxylic acids is 1. The zero-order chi connectivity index (χ0) is 10.2. The van der Waals surface area contributed by atoms with Gasteiger partial charge in [-0.3, -0.25) is 4.79 Å². The van der Waals surface area contributed by atoms with Crippen LogP contribution in [0.1, 0.15) is 25.7 Å². The van der Waals surface area contributed by atoms with Gasteiger partial charge in [0.05, 0.1) is 6.54 Å². The summed E-state index contributed by atoms with van der Waals surface area (Å²) in [5, 5.41) is 3.04. The average Bonchev–Trinajstić information content (AvgIpc) is 2.46. The molecule has 4 heteroatoms. The van der Waals surface area contributed by atoms with Gasteiger partial charge in [0, 0.05) is 26.2 Å². The van der Waals surface area contributed by atoms with E-state index in [1.807, 2.05) is 4.90 Å². The van der Waals surface area contributed by atoms with Crippen molar-refractivity contribution in [3.05, 3.63) is 0 Å². The molecular formula is C10H21N3O. The highest BCUT2D eigenvalue weighted by Gasteiger charge is 2.14. The quantitative estimate of drug-likeness (QED) is 0.624. The molecule has 4 nitrogen and oxygen atoms in total. The third-order valence-electron chi connectivity index (χ3n) is 2.56. The summed E-state index contributed by atoms with van der Waals surface area (Å²) < 4.78 is 0. The van der Waals surface area contributed by atoms with Crippen molar-refractivity contribution in [3.63, 3.8) is 0 Å². The Bertz CT molecular complexity index is 165. The maximum Gasteiger partial charge on any atom is 0.236 e. The van der Waals surface area contributed by atoms with Crippen LogP contribution < -0.4 is 11.1 Å². The molecule has 1 heterocycles. The second kappa shape index (κ2) is 6.79. The first-order valence-corrected chi connectivity index (χ1v) is 5.53. The Morgan fingerprint density at radius 2 is 1.86 bits per heavy atom. The van der Waals surface area contributed by atoms with Crippen molar-refractivity contribution in [2.24, 2.45) is 5.73 Å². The van der Waals surface area contributed by atoms with Crippen LogP contribution in [0.25, 0.3) is 0 Å². The van der Waals surface area contributed by atoms with Crippen molar-refractivity contribution >= 4 is 5.91 Å². The van der Waals surface area contributed by atoms with Crippen LogP contribution in [0.15, 0.2) is 0 Å². The zero-order valence-corrected chi connectivity index (χ0v) is 8.80. The van der Waals surface area contributed by atoms with Gasteiger partial charge < -0.3 is 16.0 Å². The minimum absolute atomic E-state index is 0.223. The fraction of sp³-hybridized carbons (Fsp3) is 0.900. The highest BCUT2D eigenvalue weighted by atomic mass is 16.2. The number of hydrogen-bond acceptors (Lipinski definition) is 3. The molecule has 1 amide bonds. The van der Waals surface area contributed by atoms with E-state index in [0.717, 1.165) is 32.5 Å². The van der Waals surface area contributed by atoms with Gasteiger partial charge in [0.25, 0.3) is 0 Å². The molecule has 82 valence electrons. The SMILES string of the molecule is NCCNCC(=O)N1CCCCCC1. The predicted molar refractivity (Wildman–Crippen MR) is 57.0 cm³/mol. The molecule has 0 aromatic rings. The fourth-order valence-electron chi connectivity index (χ4n) is 1.73. The highest BCUT2D eigenvalue weighted by molar-refractivity contribution is 5.78. The Hall–Kier alpha value is -0.610. The van der Waals surface area contributed by atoms with E-state index in [9.17, 15) is 4.79 Å². The maximum absolute atomic E-state index is 11.6. The summed E-state index contributed by atoms with van der Waals surface area (Å²) in [6.07, 6.45) is 4.84. The van der Waals surface area contributed by atoms with E-state index in [4.69, 9.17) is 5.73 Å². The molecule has 0 atom stereocenters. The van der Waals surface area contributed by atoms with Crippen LogP contribution in [0.5, 0.6) is 0 Å². The molecule has 1 rings (SSSR count). The lowest BCUT2D eigenvalue weighted by atomic mass is 10.2. The van der Waals surface area contributed by atoms with E-state index >= 15 is 0 Å². The van der Waals surface area contributed by atoms with E-state index in [1.165, 1.54) is 12.8 Å². The molecule has 1 aliphatic rings. The third kappa shape index (κ3) is 4.07. The van der Waals surface area contributed by atoms with Crippen molar-refractivity contribution in [2.45, 2.75) is 25.7 Å². The number of hydrogen-bond donors (Lipinski definition) is 2. The summed E-state index contributed by atoms with van der Waals surface area (Å²) >= 11 is 0. The number of nitrogens with one attached hydrogen (secondary N) is 1. The Labute approximate surface area is 85.8 Å². The molecular weight excluding hydrogens is 178 g/mol. The summed E-state index contributed by atoms with van der Waals surface area (Å²) in [6.45, 7) is 3.62. The molecule has 0 aromatic heterocycles. The zero-order valence-electron chi connectivity index (χ0n) is 8.80. The van der Waals surface area contributed by atoms with Crippen molar-refractivity contribution in [3.8, 4) is 0 Å². The fourth-order valence-corrected chi connectivity index (χ4v) is 1.73. The molecule has 0 unspecified atom stereocenters. The standard InChI is InChI=1S/C10H21N3O/c11-5-6-12-9-10(14)13-7-3-1-2-4-8-13/h12H,1-9,11H2. The van der Waals surface area contributed by atoms with E-state index in [-0.39, 0.29) is 5.91 Å². The van der Waals surface area contributed by atoms with E-state index in [0.29, 0.717) is 13.1 Å². The van der Waals surface area contributed by atoms with Crippen LogP contribution >= 0.6 is 0 Å². The second-order valence-corrected chi connectivity index (χ2v) is 3.76. The van der Waals surface area contributed by atoms with Crippen molar-refractivity contribution in [1.82, 2.24) is 10.2 Å². The lowest BCUT2D eigenvalue weighted by Crippen LogP contribution is -2.39. The molecule has 0 aliphatic carbocycles. The number of carbonyl (C=O) groups is 1. The third-order valence-corrected chi connectivity index (χ3v) is 2.56. The van der Waals surface area contributed by atoms with Gasteiger partial charge in [-0.25, -0.2) is 0 Å². The second-order valence-electron chi connectivity index (χ2n) is 3.76. The topological polar surface area (TPSA) is 58.4 Å². The van der Waals surface area contributed by atoms with Gasteiger partial charge in [0.1, 0.15) is 0 Å². The first-order valence-electron chi connectivity index (χ1n) is 5.53. The minimum atomic E-state index is 0.223. The van der Waals surface area contributed by atoms with Gasteiger partial charge in [-0.2, -0.15) is 0 Å². The van der Waals surface area contributed by atoms with Crippen molar-refractivity contribution in [2.75, 3.05) is 32.7 Å². The number of likely N-dealkylation sites (tertiary alicyclic amines) is 1. The largest absolute Gasteiger partial charge is 0.342 e. The first-order chi connectivity index (χ1) is 6.84. The van der Waals surface area contributed by atoms with E-state index in [1.54, 1.807) is 0 Å². The number of nitrogens with two attached hydrogens (primary N) is 1. The summed E-state index contributed by atoms with van der Waals surface area (Å²) in [5.74, 6) is 0.223. The van der Waals surface area contributed by atoms with E-state index in [2.05, 4.69) is 5.32 Å². The monoisotopic (exact) mass is 199 g/mol. The van der Waals surface area contributed by atoms with Gasteiger partial charge in [-0.05, 0) is 12.8 Å². The van der Waals surface area contributed by atoms with E-state index < -0.39 is 0 Å². The highest BCUT2D eigenvalue weighted by Crippen LogP contribution is 2.09. The molecule has 1 saturated heterocycles. The molecule has 0 spiro atoms. The molecule has 1 fully saturated rings. The number of rotatable bonds is 4. The van der Waals surface area contributed by atoms with Crippen LogP contribution in [0.2, 0.25) is 0 Å².